The molecule has 3 aliphatic rings. The Hall–Kier alpha value is -2.65. The van der Waals surface area contributed by atoms with Crippen LogP contribution < -0.4 is 0 Å². The lowest BCUT2D eigenvalue weighted by atomic mass is 9.86. The Kier molecular flexibility index (Phi) is 9.00. The first-order valence-corrected chi connectivity index (χ1v) is 15.1. The van der Waals surface area contributed by atoms with Gasteiger partial charge in [0.1, 0.15) is 5.60 Å². The summed E-state index contributed by atoms with van der Waals surface area (Å²) in [7, 11) is 1.74. The molecule has 9 heteroatoms. The lowest BCUT2D eigenvalue weighted by molar-refractivity contribution is -0.150. The van der Waals surface area contributed by atoms with E-state index in [0.717, 1.165) is 36.9 Å². The highest BCUT2D eigenvalue weighted by Crippen LogP contribution is 2.37. The molecule has 1 aromatic heterocycles. The average molecular weight is 555 g/mol. The second-order valence-electron chi connectivity index (χ2n) is 12.6. The third-order valence-electron chi connectivity index (χ3n) is 8.17. The molecule has 40 heavy (non-hydrogen) atoms. The van der Waals surface area contributed by atoms with Crippen molar-refractivity contribution in [2.24, 2.45) is 0 Å². The van der Waals surface area contributed by atoms with Crippen LogP contribution in [0.2, 0.25) is 0 Å². The number of carbonyl (C=O) groups excluding carboxylic acids is 2. The number of benzene rings is 1. The molecule has 9 nitrogen and oxygen atoms in total. The molecule has 3 fully saturated rings. The predicted octanol–water partition coefficient (Wildman–Crippen LogP) is 5.25. The molecule has 2 aliphatic carbocycles. The number of ether oxygens (including phenoxy) is 3. The van der Waals surface area contributed by atoms with Crippen LogP contribution in [0.4, 0.5) is 4.79 Å². The highest BCUT2D eigenvalue weighted by Gasteiger charge is 2.39. The SMILES string of the molecule is COCCCn1nc(C2CCCCC2)c2ccc(CN(C(=O)[C@H]3CN(C(=O)OC(C)(C)C)CCO3)C3CC3)cc21. The smallest absolute Gasteiger partial charge is 0.410 e. The minimum absolute atomic E-state index is 0.0487. The number of aromatic nitrogens is 2. The van der Waals surface area contributed by atoms with Crippen molar-refractivity contribution in [3.05, 3.63) is 29.5 Å². The molecular formula is C31H46N4O5. The van der Waals surface area contributed by atoms with Gasteiger partial charge in [-0.05, 0) is 64.5 Å². The van der Waals surface area contributed by atoms with Crippen molar-refractivity contribution >= 4 is 22.9 Å². The largest absolute Gasteiger partial charge is 0.444 e. The number of methoxy groups -OCH3 is 1. The Balaban J connectivity index is 1.34. The van der Waals surface area contributed by atoms with E-state index in [1.54, 1.807) is 12.0 Å². The first-order valence-electron chi connectivity index (χ1n) is 15.1. The van der Waals surface area contributed by atoms with E-state index in [-0.39, 0.29) is 18.5 Å². The Morgan fingerprint density at radius 1 is 1.12 bits per heavy atom. The predicted molar refractivity (Wildman–Crippen MR) is 153 cm³/mol. The molecule has 1 saturated heterocycles. The number of nitrogens with zero attached hydrogens (tertiary/aromatic N) is 4. The first-order chi connectivity index (χ1) is 19.2. The minimum Gasteiger partial charge on any atom is -0.444 e. The van der Waals surface area contributed by atoms with Gasteiger partial charge in [-0.3, -0.25) is 9.48 Å². The van der Waals surface area contributed by atoms with Crippen LogP contribution >= 0.6 is 0 Å². The summed E-state index contributed by atoms with van der Waals surface area (Å²) in [5, 5.41) is 6.36. The van der Waals surface area contributed by atoms with Gasteiger partial charge in [0, 0.05) is 50.7 Å². The Labute approximate surface area is 238 Å². The van der Waals surface area contributed by atoms with Crippen molar-refractivity contribution in [1.29, 1.82) is 0 Å². The van der Waals surface area contributed by atoms with Gasteiger partial charge in [0.05, 0.1) is 24.4 Å². The maximum Gasteiger partial charge on any atom is 0.410 e. The zero-order valence-electron chi connectivity index (χ0n) is 24.7. The number of hydrogen-bond acceptors (Lipinski definition) is 6. The van der Waals surface area contributed by atoms with Crippen LogP contribution in [0.3, 0.4) is 0 Å². The number of aryl methyl sites for hydroxylation is 1. The van der Waals surface area contributed by atoms with E-state index in [1.807, 2.05) is 25.7 Å². The van der Waals surface area contributed by atoms with E-state index in [9.17, 15) is 9.59 Å². The Morgan fingerprint density at radius 2 is 1.90 bits per heavy atom. The fourth-order valence-corrected chi connectivity index (χ4v) is 6.00. The number of rotatable bonds is 9. The standard InChI is InChI=1S/C31H46N4O5/c1-31(2,3)40-30(37)33-16-18-39-27(21-33)29(36)34(24-12-13-24)20-22-11-14-25-26(19-22)35(15-8-17-38-4)32-28(25)23-9-6-5-7-10-23/h11,14,19,23-24,27H,5-10,12-13,15-18,20-21H2,1-4H3/t27-/m1/s1. The zero-order valence-corrected chi connectivity index (χ0v) is 24.7. The van der Waals surface area contributed by atoms with Crippen molar-refractivity contribution in [2.45, 2.75) is 109 Å². The molecule has 2 saturated carbocycles. The molecule has 0 radical (unpaired) electrons. The summed E-state index contributed by atoms with van der Waals surface area (Å²) < 4.78 is 18.9. The maximum absolute atomic E-state index is 13.7. The normalized spacial score (nSPS) is 20.6. The van der Waals surface area contributed by atoms with Crippen LogP contribution in [0.25, 0.3) is 10.9 Å². The molecule has 0 spiro atoms. The van der Waals surface area contributed by atoms with Crippen molar-refractivity contribution in [3.63, 3.8) is 0 Å². The van der Waals surface area contributed by atoms with Gasteiger partial charge in [-0.15, -0.1) is 0 Å². The Bertz CT molecular complexity index is 1180. The average Bonchev–Trinajstić information content (AvgIpc) is 3.72. The fraction of sp³-hybridized carbons (Fsp3) is 0.710. The van der Waals surface area contributed by atoms with E-state index in [4.69, 9.17) is 19.3 Å². The van der Waals surface area contributed by atoms with Gasteiger partial charge in [0.15, 0.2) is 6.10 Å². The first kappa shape index (κ1) is 28.9. The van der Waals surface area contributed by atoms with Crippen molar-refractivity contribution in [3.8, 4) is 0 Å². The molecule has 1 aliphatic heterocycles. The quantitative estimate of drug-likeness (QED) is 0.394. The van der Waals surface area contributed by atoms with E-state index >= 15 is 0 Å². The lowest BCUT2D eigenvalue weighted by Gasteiger charge is -2.36. The molecule has 2 amide bonds. The van der Waals surface area contributed by atoms with Crippen LogP contribution in [0.1, 0.15) is 89.3 Å². The van der Waals surface area contributed by atoms with Gasteiger partial charge in [-0.2, -0.15) is 5.10 Å². The Morgan fingerprint density at radius 3 is 2.60 bits per heavy atom. The fourth-order valence-electron chi connectivity index (χ4n) is 6.00. The topological polar surface area (TPSA) is 86.1 Å². The van der Waals surface area contributed by atoms with E-state index < -0.39 is 17.8 Å². The summed E-state index contributed by atoms with van der Waals surface area (Å²) in [4.78, 5) is 30.0. The number of amides is 2. The zero-order chi connectivity index (χ0) is 28.3. The molecular weight excluding hydrogens is 508 g/mol. The molecule has 220 valence electrons. The number of hydrogen-bond donors (Lipinski definition) is 0. The molecule has 5 rings (SSSR count). The number of morpholine rings is 1. The molecule has 1 aromatic carbocycles. The van der Waals surface area contributed by atoms with Crippen LogP contribution in [0.15, 0.2) is 18.2 Å². The highest BCUT2D eigenvalue weighted by molar-refractivity contribution is 5.85. The molecule has 1 atom stereocenters. The third-order valence-corrected chi connectivity index (χ3v) is 8.17. The summed E-state index contributed by atoms with van der Waals surface area (Å²) in [6.45, 7) is 8.54. The second-order valence-corrected chi connectivity index (χ2v) is 12.6. The molecule has 0 N–H and O–H groups in total. The maximum atomic E-state index is 13.7. The van der Waals surface area contributed by atoms with Crippen LogP contribution in [0.5, 0.6) is 0 Å². The summed E-state index contributed by atoms with van der Waals surface area (Å²) in [5.41, 5.74) is 2.88. The van der Waals surface area contributed by atoms with Crippen molar-refractivity contribution in [1.82, 2.24) is 19.6 Å². The summed E-state index contributed by atoms with van der Waals surface area (Å²) in [5.74, 6) is 0.471. The molecule has 2 heterocycles. The molecule has 2 aromatic rings. The van der Waals surface area contributed by atoms with Crippen LogP contribution in [-0.4, -0.2) is 82.7 Å². The summed E-state index contributed by atoms with van der Waals surface area (Å²) in [6.07, 6.45) is 8.10. The van der Waals surface area contributed by atoms with Crippen LogP contribution in [-0.2, 0) is 32.1 Å². The highest BCUT2D eigenvalue weighted by atomic mass is 16.6. The molecule has 0 unspecified atom stereocenters. The minimum atomic E-state index is -0.678. The van der Waals surface area contributed by atoms with Gasteiger partial charge in [0.2, 0.25) is 0 Å². The van der Waals surface area contributed by atoms with Crippen LogP contribution in [0, 0.1) is 0 Å². The number of fused-ring (bicyclic) bond motifs is 1. The summed E-state index contributed by atoms with van der Waals surface area (Å²) >= 11 is 0. The van der Waals surface area contributed by atoms with Gasteiger partial charge >= 0.3 is 6.09 Å². The summed E-state index contributed by atoms with van der Waals surface area (Å²) in [6, 6.07) is 6.81. The van der Waals surface area contributed by atoms with Crippen molar-refractivity contribution < 1.29 is 23.8 Å². The van der Waals surface area contributed by atoms with E-state index in [1.165, 1.54) is 43.2 Å². The van der Waals surface area contributed by atoms with Gasteiger partial charge in [-0.25, -0.2) is 4.79 Å². The van der Waals surface area contributed by atoms with Gasteiger partial charge in [0.25, 0.3) is 5.91 Å². The van der Waals surface area contributed by atoms with Gasteiger partial charge < -0.3 is 24.0 Å². The van der Waals surface area contributed by atoms with Gasteiger partial charge in [-0.1, -0.05) is 31.4 Å². The number of carbonyl (C=O) groups is 2. The second kappa shape index (κ2) is 12.5. The van der Waals surface area contributed by atoms with E-state index in [2.05, 4.69) is 22.9 Å². The monoisotopic (exact) mass is 554 g/mol. The third kappa shape index (κ3) is 6.97. The van der Waals surface area contributed by atoms with Crippen molar-refractivity contribution in [2.75, 3.05) is 33.4 Å². The molecule has 0 bridgehead atoms. The van der Waals surface area contributed by atoms with E-state index in [0.29, 0.717) is 32.2 Å². The lowest BCUT2D eigenvalue weighted by Crippen LogP contribution is -2.53.